The van der Waals surface area contributed by atoms with Crippen molar-refractivity contribution in [2.45, 2.75) is 45.1 Å². The molecular weight excluding hydrogens is 216 g/mol. The van der Waals surface area contributed by atoms with Crippen LogP contribution in [0.25, 0.3) is 0 Å². The highest BCUT2D eigenvalue weighted by atomic mass is 16.3. The summed E-state index contributed by atoms with van der Waals surface area (Å²) < 4.78 is 0. The molecule has 1 rings (SSSR count). The van der Waals surface area contributed by atoms with Crippen LogP contribution in [0.2, 0.25) is 0 Å². The van der Waals surface area contributed by atoms with E-state index in [1.807, 2.05) is 11.9 Å². The molecule has 0 aromatic carbocycles. The number of nitrogens with one attached hydrogen (secondary N) is 1. The Kier molecular flexibility index (Phi) is 6.52. The standard InChI is InChI=1S/C13H26N2O2/c1-3-4-11(7-8-16)9-14-10-13(17)15(2)12-5-6-12/h11-12,14,16H,3-10H2,1-2H3. The summed E-state index contributed by atoms with van der Waals surface area (Å²) in [5, 5.41) is 12.2. The van der Waals surface area contributed by atoms with Crippen molar-refractivity contribution in [2.75, 3.05) is 26.7 Å². The smallest absolute Gasteiger partial charge is 0.236 e. The third-order valence-electron chi connectivity index (χ3n) is 3.43. The molecule has 0 aromatic rings. The van der Waals surface area contributed by atoms with E-state index in [0.29, 0.717) is 18.5 Å². The third-order valence-corrected chi connectivity index (χ3v) is 3.43. The third kappa shape index (κ3) is 5.50. The highest BCUT2D eigenvalue weighted by Crippen LogP contribution is 2.25. The fraction of sp³-hybridized carbons (Fsp3) is 0.923. The topological polar surface area (TPSA) is 52.6 Å². The lowest BCUT2D eigenvalue weighted by Crippen LogP contribution is -2.38. The molecule has 1 aliphatic rings. The van der Waals surface area contributed by atoms with Crippen LogP contribution in [0.4, 0.5) is 0 Å². The molecule has 1 aliphatic carbocycles. The maximum atomic E-state index is 11.7. The van der Waals surface area contributed by atoms with E-state index in [0.717, 1.165) is 38.6 Å². The quantitative estimate of drug-likeness (QED) is 0.634. The summed E-state index contributed by atoms with van der Waals surface area (Å²) in [4.78, 5) is 13.6. The van der Waals surface area contributed by atoms with Crippen molar-refractivity contribution < 1.29 is 9.90 Å². The molecule has 0 heterocycles. The summed E-state index contributed by atoms with van der Waals surface area (Å²) in [6.07, 6.45) is 5.38. The van der Waals surface area contributed by atoms with Crippen LogP contribution in [0.5, 0.6) is 0 Å². The van der Waals surface area contributed by atoms with E-state index < -0.39 is 0 Å². The molecule has 0 aliphatic heterocycles. The first-order chi connectivity index (χ1) is 8.19. The number of aliphatic hydroxyl groups is 1. The summed E-state index contributed by atoms with van der Waals surface area (Å²) in [6.45, 7) is 3.65. The average molecular weight is 242 g/mol. The van der Waals surface area contributed by atoms with Gasteiger partial charge >= 0.3 is 0 Å². The summed E-state index contributed by atoms with van der Waals surface area (Å²) in [6, 6.07) is 0.494. The van der Waals surface area contributed by atoms with E-state index in [4.69, 9.17) is 5.11 Å². The lowest BCUT2D eigenvalue weighted by atomic mass is 10.0. The van der Waals surface area contributed by atoms with Crippen LogP contribution in [0.15, 0.2) is 0 Å². The Hall–Kier alpha value is -0.610. The van der Waals surface area contributed by atoms with E-state index in [2.05, 4.69) is 12.2 Å². The number of hydrogen-bond donors (Lipinski definition) is 2. The normalized spacial score (nSPS) is 16.9. The van der Waals surface area contributed by atoms with Crippen LogP contribution >= 0.6 is 0 Å². The zero-order valence-corrected chi connectivity index (χ0v) is 11.1. The van der Waals surface area contributed by atoms with Gasteiger partial charge in [0, 0.05) is 19.7 Å². The van der Waals surface area contributed by atoms with Crippen molar-refractivity contribution in [2.24, 2.45) is 5.92 Å². The van der Waals surface area contributed by atoms with E-state index in [1.54, 1.807) is 0 Å². The number of nitrogens with zero attached hydrogens (tertiary/aromatic N) is 1. The average Bonchev–Trinajstić information content (AvgIpc) is 3.12. The zero-order chi connectivity index (χ0) is 12.7. The minimum atomic E-state index is 0.187. The van der Waals surface area contributed by atoms with Crippen LogP contribution in [0.1, 0.15) is 39.0 Å². The molecule has 1 saturated carbocycles. The van der Waals surface area contributed by atoms with E-state index in [1.165, 1.54) is 0 Å². The van der Waals surface area contributed by atoms with Gasteiger partial charge in [-0.1, -0.05) is 13.3 Å². The number of carbonyl (C=O) groups excluding carboxylic acids is 1. The Labute approximate surface area is 104 Å². The first-order valence-electron chi connectivity index (χ1n) is 6.76. The molecule has 0 aromatic heterocycles. The van der Waals surface area contributed by atoms with Crippen LogP contribution in [0, 0.1) is 5.92 Å². The van der Waals surface area contributed by atoms with Crippen molar-refractivity contribution in [1.29, 1.82) is 0 Å². The van der Waals surface area contributed by atoms with Gasteiger partial charge in [0.2, 0.25) is 5.91 Å². The number of hydrogen-bond acceptors (Lipinski definition) is 3. The monoisotopic (exact) mass is 242 g/mol. The van der Waals surface area contributed by atoms with Gasteiger partial charge in [0.1, 0.15) is 0 Å². The minimum Gasteiger partial charge on any atom is -0.396 e. The predicted molar refractivity (Wildman–Crippen MR) is 68.8 cm³/mol. The van der Waals surface area contributed by atoms with Crippen LogP contribution in [-0.4, -0.2) is 48.7 Å². The Morgan fingerprint density at radius 1 is 1.47 bits per heavy atom. The largest absolute Gasteiger partial charge is 0.396 e. The number of likely N-dealkylation sites (N-methyl/N-ethyl adjacent to an activating group) is 1. The minimum absolute atomic E-state index is 0.187. The molecule has 1 atom stereocenters. The van der Waals surface area contributed by atoms with Crippen LogP contribution in [-0.2, 0) is 4.79 Å². The number of rotatable bonds is 9. The van der Waals surface area contributed by atoms with Gasteiger partial charge in [-0.3, -0.25) is 4.79 Å². The fourth-order valence-electron chi connectivity index (χ4n) is 2.11. The Balaban J connectivity index is 2.13. The molecule has 0 radical (unpaired) electrons. The lowest BCUT2D eigenvalue weighted by Gasteiger charge is -2.19. The van der Waals surface area contributed by atoms with Gasteiger partial charge in [0.25, 0.3) is 0 Å². The van der Waals surface area contributed by atoms with Crippen LogP contribution in [0.3, 0.4) is 0 Å². The zero-order valence-electron chi connectivity index (χ0n) is 11.1. The summed E-state index contributed by atoms with van der Waals surface area (Å²) in [5.41, 5.74) is 0. The molecule has 4 nitrogen and oxygen atoms in total. The van der Waals surface area contributed by atoms with E-state index >= 15 is 0 Å². The maximum Gasteiger partial charge on any atom is 0.236 e. The Bertz CT molecular complexity index is 223. The van der Waals surface area contributed by atoms with Gasteiger partial charge in [-0.25, -0.2) is 0 Å². The van der Waals surface area contributed by atoms with Gasteiger partial charge in [-0.05, 0) is 38.1 Å². The second kappa shape index (κ2) is 7.67. The fourth-order valence-corrected chi connectivity index (χ4v) is 2.11. The van der Waals surface area contributed by atoms with Crippen molar-refractivity contribution in [3.63, 3.8) is 0 Å². The summed E-state index contributed by atoms with van der Waals surface area (Å²) >= 11 is 0. The van der Waals surface area contributed by atoms with Gasteiger partial charge in [-0.2, -0.15) is 0 Å². The molecule has 0 spiro atoms. The van der Waals surface area contributed by atoms with Crippen LogP contribution < -0.4 is 5.32 Å². The lowest BCUT2D eigenvalue weighted by molar-refractivity contribution is -0.129. The van der Waals surface area contributed by atoms with Crippen molar-refractivity contribution >= 4 is 5.91 Å². The highest BCUT2D eigenvalue weighted by molar-refractivity contribution is 5.78. The van der Waals surface area contributed by atoms with Crippen molar-refractivity contribution in [3.05, 3.63) is 0 Å². The SMILES string of the molecule is CCCC(CCO)CNCC(=O)N(C)C1CC1. The molecule has 100 valence electrons. The first kappa shape index (κ1) is 14.5. The molecule has 0 bridgehead atoms. The Morgan fingerprint density at radius 3 is 2.71 bits per heavy atom. The molecule has 17 heavy (non-hydrogen) atoms. The molecule has 4 heteroatoms. The van der Waals surface area contributed by atoms with Gasteiger partial charge in [0.15, 0.2) is 0 Å². The number of aliphatic hydroxyl groups excluding tert-OH is 1. The van der Waals surface area contributed by atoms with Gasteiger partial charge in [0.05, 0.1) is 6.54 Å². The molecule has 1 unspecified atom stereocenters. The maximum absolute atomic E-state index is 11.7. The molecule has 1 fully saturated rings. The molecule has 1 amide bonds. The molecule has 2 N–H and O–H groups in total. The molecule has 0 saturated heterocycles. The van der Waals surface area contributed by atoms with Gasteiger partial charge in [-0.15, -0.1) is 0 Å². The van der Waals surface area contributed by atoms with Crippen molar-refractivity contribution in [3.8, 4) is 0 Å². The number of carbonyl (C=O) groups is 1. The van der Waals surface area contributed by atoms with Gasteiger partial charge < -0.3 is 15.3 Å². The predicted octanol–water partition coefficient (Wildman–Crippen LogP) is 0.995. The Morgan fingerprint density at radius 2 is 2.18 bits per heavy atom. The highest BCUT2D eigenvalue weighted by Gasteiger charge is 2.29. The number of amides is 1. The van der Waals surface area contributed by atoms with Crippen molar-refractivity contribution in [1.82, 2.24) is 10.2 Å². The first-order valence-corrected chi connectivity index (χ1v) is 6.76. The summed E-state index contributed by atoms with van der Waals surface area (Å²) in [5.74, 6) is 0.677. The summed E-state index contributed by atoms with van der Waals surface area (Å²) in [7, 11) is 1.89. The van der Waals surface area contributed by atoms with E-state index in [9.17, 15) is 4.79 Å². The second-order valence-corrected chi connectivity index (χ2v) is 5.03. The van der Waals surface area contributed by atoms with E-state index in [-0.39, 0.29) is 12.5 Å². The second-order valence-electron chi connectivity index (χ2n) is 5.03. The molecular formula is C13H26N2O2.